The quantitative estimate of drug-likeness (QED) is 0.849. The van der Waals surface area contributed by atoms with Gasteiger partial charge in [-0.1, -0.05) is 6.92 Å². The SMILES string of the molecule is CCC(C(=O)O)N(C)S(=O)(=O)c1ccc(OC)cc1. The number of carboxylic acids is 1. The fraction of sp³-hybridized carbons (Fsp3) is 0.417. The number of hydrogen-bond donors (Lipinski definition) is 1. The molecule has 1 aromatic carbocycles. The van der Waals surface area contributed by atoms with Crippen molar-refractivity contribution in [1.29, 1.82) is 0 Å². The maximum absolute atomic E-state index is 12.3. The molecule has 1 N–H and O–H groups in total. The molecule has 0 aliphatic heterocycles. The average Bonchev–Trinajstić information content (AvgIpc) is 2.39. The molecule has 0 aliphatic carbocycles. The molecule has 0 saturated heterocycles. The number of ether oxygens (including phenoxy) is 1. The molecule has 0 amide bonds. The summed E-state index contributed by atoms with van der Waals surface area (Å²) in [5.74, 6) is -0.631. The highest BCUT2D eigenvalue weighted by Gasteiger charge is 2.31. The van der Waals surface area contributed by atoms with Gasteiger partial charge in [0.15, 0.2) is 0 Å². The average molecular weight is 287 g/mol. The molecule has 0 aliphatic rings. The van der Waals surface area contributed by atoms with Crippen LogP contribution in [0.3, 0.4) is 0 Å². The summed E-state index contributed by atoms with van der Waals surface area (Å²) < 4.78 is 30.3. The zero-order valence-electron chi connectivity index (χ0n) is 11.0. The van der Waals surface area contributed by atoms with Crippen LogP contribution in [0, 0.1) is 0 Å². The molecule has 0 fully saturated rings. The Hall–Kier alpha value is -1.60. The Labute approximate surface area is 112 Å². The standard InChI is InChI=1S/C12H17NO5S/c1-4-11(12(14)15)13(2)19(16,17)10-7-5-9(18-3)6-8-10/h5-8,11H,4H2,1-3H3,(H,14,15). The van der Waals surface area contributed by atoms with E-state index in [1.807, 2.05) is 0 Å². The molecular weight excluding hydrogens is 270 g/mol. The summed E-state index contributed by atoms with van der Waals surface area (Å²) in [6, 6.07) is 4.73. The van der Waals surface area contributed by atoms with Crippen molar-refractivity contribution in [3.05, 3.63) is 24.3 Å². The topological polar surface area (TPSA) is 83.9 Å². The van der Waals surface area contributed by atoms with Crippen LogP contribution in [-0.2, 0) is 14.8 Å². The second-order valence-corrected chi connectivity index (χ2v) is 5.96. The molecule has 1 unspecified atom stereocenters. The van der Waals surface area contributed by atoms with Crippen LogP contribution in [0.25, 0.3) is 0 Å². The molecule has 1 rings (SSSR count). The zero-order valence-corrected chi connectivity index (χ0v) is 11.8. The first kappa shape index (κ1) is 15.5. The largest absolute Gasteiger partial charge is 0.497 e. The third-order valence-electron chi connectivity index (χ3n) is 2.85. The van der Waals surface area contributed by atoms with Gasteiger partial charge in [0, 0.05) is 7.05 Å². The summed E-state index contributed by atoms with van der Waals surface area (Å²) in [6.07, 6.45) is 0.196. The monoisotopic (exact) mass is 287 g/mol. The Morgan fingerprint density at radius 1 is 1.37 bits per heavy atom. The van der Waals surface area contributed by atoms with E-state index in [-0.39, 0.29) is 11.3 Å². The summed E-state index contributed by atoms with van der Waals surface area (Å²) in [5.41, 5.74) is 0. The highest BCUT2D eigenvalue weighted by molar-refractivity contribution is 7.89. The summed E-state index contributed by atoms with van der Waals surface area (Å²) >= 11 is 0. The van der Waals surface area contributed by atoms with Crippen LogP contribution in [0.1, 0.15) is 13.3 Å². The molecule has 0 radical (unpaired) electrons. The minimum absolute atomic E-state index is 0.0375. The highest BCUT2D eigenvalue weighted by atomic mass is 32.2. The Morgan fingerprint density at radius 3 is 2.26 bits per heavy atom. The Bertz CT molecular complexity index is 538. The fourth-order valence-electron chi connectivity index (χ4n) is 1.67. The number of carboxylic acid groups (broad SMARTS) is 1. The summed E-state index contributed by atoms with van der Waals surface area (Å²) in [5, 5.41) is 9.01. The highest BCUT2D eigenvalue weighted by Crippen LogP contribution is 2.20. The molecule has 0 saturated carbocycles. The minimum atomic E-state index is -3.82. The molecule has 0 spiro atoms. The number of sulfonamides is 1. The Balaban J connectivity index is 3.11. The Kier molecular flexibility index (Phi) is 4.90. The van der Waals surface area contributed by atoms with Gasteiger partial charge in [0.05, 0.1) is 12.0 Å². The van der Waals surface area contributed by atoms with Crippen LogP contribution < -0.4 is 4.74 Å². The van der Waals surface area contributed by atoms with Crippen LogP contribution in [0.2, 0.25) is 0 Å². The van der Waals surface area contributed by atoms with Crippen molar-refractivity contribution < 1.29 is 23.1 Å². The molecule has 0 aromatic heterocycles. The lowest BCUT2D eigenvalue weighted by atomic mass is 10.2. The molecule has 6 nitrogen and oxygen atoms in total. The van der Waals surface area contributed by atoms with Gasteiger partial charge in [-0.25, -0.2) is 8.42 Å². The Morgan fingerprint density at radius 2 is 1.89 bits per heavy atom. The van der Waals surface area contributed by atoms with Crippen molar-refractivity contribution in [2.45, 2.75) is 24.3 Å². The third kappa shape index (κ3) is 3.24. The molecule has 0 bridgehead atoms. The van der Waals surface area contributed by atoms with Crippen LogP contribution in [0.15, 0.2) is 29.2 Å². The van der Waals surface area contributed by atoms with Crippen molar-refractivity contribution >= 4 is 16.0 Å². The first-order valence-corrected chi connectivity index (χ1v) is 7.13. The second kappa shape index (κ2) is 6.03. The van der Waals surface area contributed by atoms with E-state index in [4.69, 9.17) is 9.84 Å². The number of likely N-dealkylation sites (N-methyl/N-ethyl adjacent to an activating group) is 1. The van der Waals surface area contributed by atoms with Gasteiger partial charge in [-0.05, 0) is 30.7 Å². The van der Waals surface area contributed by atoms with Gasteiger partial charge in [-0.3, -0.25) is 4.79 Å². The number of rotatable bonds is 6. The van der Waals surface area contributed by atoms with E-state index in [0.29, 0.717) is 5.75 Å². The lowest BCUT2D eigenvalue weighted by molar-refractivity contribution is -0.141. The van der Waals surface area contributed by atoms with E-state index < -0.39 is 22.0 Å². The molecule has 19 heavy (non-hydrogen) atoms. The normalized spacial score (nSPS) is 13.3. The molecule has 106 valence electrons. The zero-order chi connectivity index (χ0) is 14.6. The first-order chi connectivity index (χ1) is 8.84. The second-order valence-electron chi connectivity index (χ2n) is 3.96. The van der Waals surface area contributed by atoms with E-state index >= 15 is 0 Å². The van der Waals surface area contributed by atoms with E-state index in [9.17, 15) is 13.2 Å². The molecule has 1 atom stereocenters. The lowest BCUT2D eigenvalue weighted by Crippen LogP contribution is -2.41. The number of carbonyl (C=O) groups is 1. The number of hydrogen-bond acceptors (Lipinski definition) is 4. The van der Waals surface area contributed by atoms with Gasteiger partial charge < -0.3 is 9.84 Å². The van der Waals surface area contributed by atoms with Crippen LogP contribution >= 0.6 is 0 Å². The van der Waals surface area contributed by atoms with Crippen molar-refractivity contribution in [3.63, 3.8) is 0 Å². The summed E-state index contributed by atoms with van der Waals surface area (Å²) in [6.45, 7) is 1.62. The van der Waals surface area contributed by atoms with Gasteiger partial charge in [-0.2, -0.15) is 4.31 Å². The van der Waals surface area contributed by atoms with Gasteiger partial charge in [0.2, 0.25) is 10.0 Å². The van der Waals surface area contributed by atoms with Crippen LogP contribution in [-0.4, -0.2) is 44.0 Å². The summed E-state index contributed by atoms with van der Waals surface area (Å²) in [4.78, 5) is 11.1. The first-order valence-electron chi connectivity index (χ1n) is 5.69. The third-order valence-corrected chi connectivity index (χ3v) is 4.73. The summed E-state index contributed by atoms with van der Waals surface area (Å²) in [7, 11) is -1.08. The van der Waals surface area contributed by atoms with Gasteiger partial charge in [0.1, 0.15) is 11.8 Å². The number of benzene rings is 1. The molecule has 1 aromatic rings. The number of aliphatic carboxylic acids is 1. The van der Waals surface area contributed by atoms with E-state index in [0.717, 1.165) is 4.31 Å². The maximum Gasteiger partial charge on any atom is 0.321 e. The van der Waals surface area contributed by atoms with Crippen LogP contribution in [0.5, 0.6) is 5.75 Å². The van der Waals surface area contributed by atoms with E-state index in [1.54, 1.807) is 6.92 Å². The van der Waals surface area contributed by atoms with Gasteiger partial charge in [-0.15, -0.1) is 0 Å². The lowest BCUT2D eigenvalue weighted by Gasteiger charge is -2.23. The molecule has 0 heterocycles. The van der Waals surface area contributed by atoms with E-state index in [2.05, 4.69) is 0 Å². The predicted octanol–water partition coefficient (Wildman–Crippen LogP) is 1.18. The fourth-order valence-corrected chi connectivity index (χ4v) is 3.06. The van der Waals surface area contributed by atoms with Crippen molar-refractivity contribution in [2.75, 3.05) is 14.2 Å². The maximum atomic E-state index is 12.3. The smallest absolute Gasteiger partial charge is 0.321 e. The van der Waals surface area contributed by atoms with Crippen molar-refractivity contribution in [2.24, 2.45) is 0 Å². The molecular formula is C12H17NO5S. The van der Waals surface area contributed by atoms with Crippen molar-refractivity contribution in [1.82, 2.24) is 4.31 Å². The predicted molar refractivity (Wildman–Crippen MR) is 69.7 cm³/mol. The minimum Gasteiger partial charge on any atom is -0.497 e. The van der Waals surface area contributed by atoms with Crippen molar-refractivity contribution in [3.8, 4) is 5.75 Å². The molecule has 7 heteroatoms. The number of methoxy groups -OCH3 is 1. The number of nitrogens with zero attached hydrogens (tertiary/aromatic N) is 1. The van der Waals surface area contributed by atoms with Gasteiger partial charge >= 0.3 is 5.97 Å². The van der Waals surface area contributed by atoms with Crippen LogP contribution in [0.4, 0.5) is 0 Å². The van der Waals surface area contributed by atoms with Gasteiger partial charge in [0.25, 0.3) is 0 Å². The van der Waals surface area contributed by atoms with E-state index in [1.165, 1.54) is 38.4 Å².